The van der Waals surface area contributed by atoms with E-state index in [2.05, 4.69) is 13.1 Å². The Morgan fingerprint density at radius 1 is 0.955 bits per heavy atom. The second-order valence-corrected chi connectivity index (χ2v) is 8.66. The molecule has 2 aliphatic carbocycles. The summed E-state index contributed by atoms with van der Waals surface area (Å²) in [5, 5.41) is 0. The van der Waals surface area contributed by atoms with E-state index in [0.717, 1.165) is 11.8 Å². The van der Waals surface area contributed by atoms with E-state index in [4.69, 9.17) is 4.74 Å². The third-order valence-corrected chi connectivity index (χ3v) is 6.97. The third kappa shape index (κ3) is 2.89. The lowest BCUT2D eigenvalue weighted by atomic mass is 9.69. The lowest BCUT2D eigenvalue weighted by Gasteiger charge is -2.50. The molecule has 0 bridgehead atoms. The molecule has 4 aliphatic rings. The van der Waals surface area contributed by atoms with Crippen molar-refractivity contribution in [2.45, 2.75) is 76.4 Å². The molecule has 2 heterocycles. The van der Waals surface area contributed by atoms with Gasteiger partial charge in [0.2, 0.25) is 0 Å². The molecule has 2 aliphatic heterocycles. The van der Waals surface area contributed by atoms with Gasteiger partial charge in [-0.1, -0.05) is 24.5 Å². The van der Waals surface area contributed by atoms with Crippen molar-refractivity contribution in [2.24, 2.45) is 11.8 Å². The van der Waals surface area contributed by atoms with E-state index in [1.54, 1.807) is 0 Å². The van der Waals surface area contributed by atoms with Crippen molar-refractivity contribution < 1.29 is 9.22 Å². The minimum Gasteiger partial charge on any atom is -0.368 e. The predicted octanol–water partition coefficient (Wildman–Crippen LogP) is 4.30. The fourth-order valence-electron chi connectivity index (χ4n) is 5.77. The number of fused-ring (bicyclic) bond motifs is 3. The van der Waals surface area contributed by atoms with E-state index >= 15 is 0 Å². The Hall–Kier alpha value is -0.340. The number of likely N-dealkylation sites (N-methyl/N-ethyl adjacent to an activating group) is 1. The van der Waals surface area contributed by atoms with Crippen LogP contribution in [-0.4, -0.2) is 43.4 Å². The Kier molecular flexibility index (Phi) is 4.34. The SMILES string of the molecule is C[N+]1(C[C@@H]2O[C@@H]3CCCC[C@@H]3C3=CCCC[C@H]32)CCCCC1. The summed E-state index contributed by atoms with van der Waals surface area (Å²) in [7, 11) is 2.49. The average Bonchev–Trinajstić information content (AvgIpc) is 2.55. The molecule has 0 radical (unpaired) electrons. The number of ether oxygens (including phenoxy) is 1. The Morgan fingerprint density at radius 2 is 1.73 bits per heavy atom. The minimum atomic E-state index is 0.508. The van der Waals surface area contributed by atoms with Gasteiger partial charge in [-0.15, -0.1) is 0 Å². The molecule has 4 rings (SSSR count). The third-order valence-electron chi connectivity index (χ3n) is 6.97. The van der Waals surface area contributed by atoms with Crippen molar-refractivity contribution in [3.63, 3.8) is 0 Å². The molecule has 2 heteroatoms. The Morgan fingerprint density at radius 3 is 2.59 bits per heavy atom. The van der Waals surface area contributed by atoms with Crippen LogP contribution in [-0.2, 0) is 4.74 Å². The first kappa shape index (κ1) is 15.2. The van der Waals surface area contributed by atoms with Gasteiger partial charge in [-0.2, -0.15) is 0 Å². The Balaban J connectivity index is 1.53. The molecule has 0 unspecified atom stereocenters. The van der Waals surface area contributed by atoms with Gasteiger partial charge in [0, 0.05) is 11.8 Å². The molecule has 2 saturated heterocycles. The van der Waals surface area contributed by atoms with Crippen LogP contribution in [0.1, 0.15) is 64.2 Å². The van der Waals surface area contributed by atoms with Crippen LogP contribution in [0.2, 0.25) is 0 Å². The smallest absolute Gasteiger partial charge is 0.113 e. The molecule has 22 heavy (non-hydrogen) atoms. The van der Waals surface area contributed by atoms with E-state index in [1.165, 1.54) is 88.3 Å². The van der Waals surface area contributed by atoms with Crippen molar-refractivity contribution in [1.29, 1.82) is 0 Å². The molecule has 0 aromatic carbocycles. The van der Waals surface area contributed by atoms with Gasteiger partial charge in [-0.05, 0) is 51.4 Å². The molecule has 0 spiro atoms. The first-order valence-corrected chi connectivity index (χ1v) is 9.94. The summed E-state index contributed by atoms with van der Waals surface area (Å²) in [6, 6.07) is 0. The molecular formula is C20H34NO+. The number of likely N-dealkylation sites (tertiary alicyclic amines) is 1. The summed E-state index contributed by atoms with van der Waals surface area (Å²) >= 11 is 0. The van der Waals surface area contributed by atoms with Gasteiger partial charge in [-0.3, -0.25) is 0 Å². The van der Waals surface area contributed by atoms with E-state index in [0.29, 0.717) is 12.2 Å². The molecular weight excluding hydrogens is 270 g/mol. The Bertz CT molecular complexity index is 423. The monoisotopic (exact) mass is 304 g/mol. The summed E-state index contributed by atoms with van der Waals surface area (Å²) < 4.78 is 8.04. The highest BCUT2D eigenvalue weighted by atomic mass is 16.5. The highest BCUT2D eigenvalue weighted by Gasteiger charge is 2.45. The number of quaternary nitrogens is 1. The molecule has 3 fully saturated rings. The van der Waals surface area contributed by atoms with Crippen molar-refractivity contribution in [3.05, 3.63) is 11.6 Å². The van der Waals surface area contributed by atoms with Gasteiger partial charge in [0.15, 0.2) is 0 Å². The number of nitrogens with zero attached hydrogens (tertiary/aromatic N) is 1. The highest BCUT2D eigenvalue weighted by Crippen LogP contribution is 2.46. The topological polar surface area (TPSA) is 9.23 Å². The van der Waals surface area contributed by atoms with Gasteiger partial charge in [0.1, 0.15) is 12.6 Å². The van der Waals surface area contributed by atoms with Gasteiger partial charge >= 0.3 is 0 Å². The molecule has 124 valence electrons. The molecule has 0 aromatic rings. The van der Waals surface area contributed by atoms with Crippen LogP contribution in [0.25, 0.3) is 0 Å². The Labute approximate surface area is 136 Å². The summed E-state index contributed by atoms with van der Waals surface area (Å²) in [4.78, 5) is 0. The van der Waals surface area contributed by atoms with E-state index in [1.807, 2.05) is 5.57 Å². The normalized spacial score (nSPS) is 41.2. The van der Waals surface area contributed by atoms with Gasteiger partial charge in [0.25, 0.3) is 0 Å². The fourth-order valence-corrected chi connectivity index (χ4v) is 5.77. The number of hydrogen-bond donors (Lipinski definition) is 0. The van der Waals surface area contributed by atoms with E-state index in [9.17, 15) is 0 Å². The van der Waals surface area contributed by atoms with Crippen molar-refractivity contribution in [3.8, 4) is 0 Å². The number of piperidine rings is 1. The maximum Gasteiger partial charge on any atom is 0.113 e. The van der Waals surface area contributed by atoms with Crippen LogP contribution in [0.5, 0.6) is 0 Å². The maximum absolute atomic E-state index is 6.77. The molecule has 2 nitrogen and oxygen atoms in total. The zero-order valence-corrected chi connectivity index (χ0v) is 14.4. The zero-order valence-electron chi connectivity index (χ0n) is 14.4. The van der Waals surface area contributed by atoms with Crippen molar-refractivity contribution in [2.75, 3.05) is 26.7 Å². The predicted molar refractivity (Wildman–Crippen MR) is 90.7 cm³/mol. The lowest BCUT2D eigenvalue weighted by molar-refractivity contribution is -0.917. The number of rotatable bonds is 2. The van der Waals surface area contributed by atoms with E-state index in [-0.39, 0.29) is 0 Å². The minimum absolute atomic E-state index is 0.508. The standard InChI is InChI=1S/C20H34NO/c1-21(13-7-2-8-14-21)15-20-18-11-4-3-9-16(18)17-10-5-6-12-19(17)22-20/h9,17-20H,2-8,10-15H2,1H3/q+1/t17-,18-,19-,20+/m1/s1. The van der Waals surface area contributed by atoms with Crippen molar-refractivity contribution in [1.82, 2.24) is 0 Å². The van der Waals surface area contributed by atoms with Crippen molar-refractivity contribution >= 4 is 0 Å². The molecule has 1 saturated carbocycles. The fraction of sp³-hybridized carbons (Fsp3) is 0.900. The van der Waals surface area contributed by atoms with E-state index < -0.39 is 0 Å². The van der Waals surface area contributed by atoms with Crippen LogP contribution in [0.4, 0.5) is 0 Å². The summed E-state index contributed by atoms with van der Waals surface area (Å²) in [6.45, 7) is 4.02. The van der Waals surface area contributed by atoms with Crippen LogP contribution in [0, 0.1) is 11.8 Å². The summed E-state index contributed by atoms with van der Waals surface area (Å²) in [5.74, 6) is 1.53. The van der Waals surface area contributed by atoms with Gasteiger partial charge < -0.3 is 9.22 Å². The molecule has 0 aromatic heterocycles. The average molecular weight is 304 g/mol. The zero-order chi connectivity index (χ0) is 15.0. The molecule has 0 amide bonds. The second kappa shape index (κ2) is 6.28. The largest absolute Gasteiger partial charge is 0.368 e. The number of hydrogen-bond acceptors (Lipinski definition) is 1. The van der Waals surface area contributed by atoms with Gasteiger partial charge in [-0.25, -0.2) is 0 Å². The first-order valence-electron chi connectivity index (χ1n) is 9.94. The molecule has 4 atom stereocenters. The number of allylic oxidation sites excluding steroid dienone is 1. The first-order chi connectivity index (χ1) is 10.8. The summed E-state index contributed by atoms with van der Waals surface area (Å²) in [5.41, 5.74) is 1.83. The molecule has 0 N–H and O–H groups in total. The quantitative estimate of drug-likeness (QED) is 0.546. The van der Waals surface area contributed by atoms with Crippen LogP contribution < -0.4 is 0 Å². The van der Waals surface area contributed by atoms with Crippen LogP contribution >= 0.6 is 0 Å². The maximum atomic E-state index is 6.77. The van der Waals surface area contributed by atoms with Gasteiger partial charge in [0.05, 0.1) is 26.2 Å². The summed E-state index contributed by atoms with van der Waals surface area (Å²) in [6.07, 6.45) is 17.6. The lowest BCUT2D eigenvalue weighted by Crippen LogP contribution is -2.57. The van der Waals surface area contributed by atoms with Crippen LogP contribution in [0.15, 0.2) is 11.6 Å². The highest BCUT2D eigenvalue weighted by molar-refractivity contribution is 5.20. The van der Waals surface area contributed by atoms with Crippen LogP contribution in [0.3, 0.4) is 0 Å². The second-order valence-electron chi connectivity index (χ2n) is 8.66.